The third-order valence-electron chi connectivity index (χ3n) is 4.27. The van der Waals surface area contributed by atoms with E-state index in [9.17, 15) is 4.79 Å². The number of rotatable bonds is 2. The van der Waals surface area contributed by atoms with Gasteiger partial charge in [-0.25, -0.2) is 0 Å². The average molecular weight is 273 g/mol. The van der Waals surface area contributed by atoms with Crippen LogP contribution in [0, 0.1) is 5.92 Å². The number of hydrogen-bond acceptors (Lipinski definition) is 2. The Bertz CT molecular complexity index is 497. The summed E-state index contributed by atoms with van der Waals surface area (Å²) in [6, 6.07) is 6.30. The molecule has 1 aliphatic heterocycles. The van der Waals surface area contributed by atoms with Gasteiger partial charge in [0.15, 0.2) is 5.78 Å². The lowest BCUT2D eigenvalue weighted by Crippen LogP contribution is -2.42. The van der Waals surface area contributed by atoms with Crippen molar-refractivity contribution in [3.05, 3.63) is 34.9 Å². The van der Waals surface area contributed by atoms with Gasteiger partial charge in [0.25, 0.3) is 0 Å². The lowest BCUT2D eigenvalue weighted by molar-refractivity contribution is 0.0939. The average Bonchev–Trinajstić information content (AvgIpc) is 2.58. The van der Waals surface area contributed by atoms with Crippen molar-refractivity contribution < 1.29 is 4.79 Å². The highest BCUT2D eigenvalue weighted by Gasteiger charge is 2.24. The van der Waals surface area contributed by atoms with E-state index in [1.807, 2.05) is 19.9 Å². The molecule has 20 heavy (non-hydrogen) atoms. The number of nitrogens with zero attached hydrogens (tertiary/aromatic N) is 1. The highest BCUT2D eigenvalue weighted by atomic mass is 16.1. The van der Waals surface area contributed by atoms with Gasteiger partial charge in [-0.1, -0.05) is 26.0 Å². The summed E-state index contributed by atoms with van der Waals surface area (Å²) in [6.07, 6.45) is 2.13. The van der Waals surface area contributed by atoms with Crippen LogP contribution in [0.4, 0.5) is 0 Å². The second kappa shape index (κ2) is 5.69. The van der Waals surface area contributed by atoms with Crippen molar-refractivity contribution in [3.8, 4) is 0 Å². The maximum absolute atomic E-state index is 12.1. The molecule has 0 saturated heterocycles. The summed E-state index contributed by atoms with van der Waals surface area (Å²) in [6.45, 7) is 12.9. The number of hydrogen-bond donors (Lipinski definition) is 0. The molecule has 0 radical (unpaired) electrons. The highest BCUT2D eigenvalue weighted by Crippen LogP contribution is 2.23. The van der Waals surface area contributed by atoms with E-state index in [0.717, 1.165) is 31.5 Å². The minimum absolute atomic E-state index is 0.0740. The molecule has 0 saturated carbocycles. The van der Waals surface area contributed by atoms with Gasteiger partial charge in [0.1, 0.15) is 0 Å². The molecule has 2 rings (SSSR count). The molecule has 0 atom stereocenters. The molecule has 2 heteroatoms. The predicted molar refractivity (Wildman–Crippen MR) is 84.3 cm³/mol. The van der Waals surface area contributed by atoms with Crippen molar-refractivity contribution >= 4 is 5.78 Å². The van der Waals surface area contributed by atoms with E-state index in [1.165, 1.54) is 11.1 Å². The SMILES string of the molecule is CC(C)C(=O)c1ccc2c(c1)CCN(C(C)(C)C)CC2. The molecule has 0 N–H and O–H groups in total. The van der Waals surface area contributed by atoms with Gasteiger partial charge in [0.2, 0.25) is 0 Å². The van der Waals surface area contributed by atoms with Crippen molar-refractivity contribution in [3.63, 3.8) is 0 Å². The Hall–Kier alpha value is -1.15. The fourth-order valence-electron chi connectivity index (χ4n) is 2.88. The van der Waals surface area contributed by atoms with Crippen LogP contribution < -0.4 is 0 Å². The first kappa shape index (κ1) is 15.2. The maximum Gasteiger partial charge on any atom is 0.165 e. The smallest absolute Gasteiger partial charge is 0.165 e. The fourth-order valence-corrected chi connectivity index (χ4v) is 2.88. The zero-order valence-electron chi connectivity index (χ0n) is 13.5. The van der Waals surface area contributed by atoms with E-state index in [0.29, 0.717) is 0 Å². The van der Waals surface area contributed by atoms with Gasteiger partial charge in [-0.2, -0.15) is 0 Å². The number of carbonyl (C=O) groups is 1. The maximum atomic E-state index is 12.1. The Morgan fingerprint density at radius 2 is 1.70 bits per heavy atom. The Kier molecular flexibility index (Phi) is 4.33. The van der Waals surface area contributed by atoms with Gasteiger partial charge < -0.3 is 0 Å². The Labute approximate surface area is 123 Å². The van der Waals surface area contributed by atoms with E-state index in [-0.39, 0.29) is 17.2 Å². The Morgan fingerprint density at radius 3 is 2.25 bits per heavy atom. The van der Waals surface area contributed by atoms with Crippen LogP contribution in [-0.2, 0) is 12.8 Å². The first-order valence-electron chi connectivity index (χ1n) is 7.70. The van der Waals surface area contributed by atoms with Gasteiger partial charge in [0, 0.05) is 30.1 Å². The van der Waals surface area contributed by atoms with Gasteiger partial charge >= 0.3 is 0 Å². The third kappa shape index (κ3) is 3.29. The molecule has 1 aliphatic rings. The molecule has 2 nitrogen and oxygen atoms in total. The monoisotopic (exact) mass is 273 g/mol. The molecule has 110 valence electrons. The molecule has 0 aliphatic carbocycles. The highest BCUT2D eigenvalue weighted by molar-refractivity contribution is 5.97. The molecule has 0 bridgehead atoms. The van der Waals surface area contributed by atoms with Gasteiger partial charge in [-0.05, 0) is 50.8 Å². The molecule has 1 aromatic rings. The summed E-state index contributed by atoms with van der Waals surface area (Å²) < 4.78 is 0. The summed E-state index contributed by atoms with van der Waals surface area (Å²) in [5.41, 5.74) is 3.88. The molecule has 0 amide bonds. The summed E-state index contributed by atoms with van der Waals surface area (Å²) in [5.74, 6) is 0.328. The van der Waals surface area contributed by atoms with Crippen LogP contribution in [0.2, 0.25) is 0 Å². The molecule has 1 aromatic carbocycles. The normalized spacial score (nSPS) is 16.9. The number of Topliss-reactive ketones (excluding diaryl/α,β-unsaturated/α-hetero) is 1. The van der Waals surface area contributed by atoms with Crippen LogP contribution in [0.15, 0.2) is 18.2 Å². The van der Waals surface area contributed by atoms with Gasteiger partial charge in [-0.3, -0.25) is 9.69 Å². The van der Waals surface area contributed by atoms with Crippen LogP contribution in [0.3, 0.4) is 0 Å². The second-order valence-corrected chi connectivity index (χ2v) is 7.16. The minimum atomic E-state index is 0.0740. The standard InChI is InChI=1S/C18H27NO/c1-13(2)17(20)16-7-6-14-8-10-19(18(3,4)5)11-9-15(14)12-16/h6-7,12-13H,8-11H2,1-5H3. The molecule has 0 fully saturated rings. The summed E-state index contributed by atoms with van der Waals surface area (Å²) >= 11 is 0. The van der Waals surface area contributed by atoms with E-state index in [4.69, 9.17) is 0 Å². The van der Waals surface area contributed by atoms with Gasteiger partial charge in [0.05, 0.1) is 0 Å². The van der Waals surface area contributed by atoms with E-state index < -0.39 is 0 Å². The first-order chi connectivity index (χ1) is 9.29. The van der Waals surface area contributed by atoms with E-state index in [2.05, 4.69) is 37.8 Å². The minimum Gasteiger partial charge on any atom is -0.298 e. The van der Waals surface area contributed by atoms with Crippen molar-refractivity contribution in [1.82, 2.24) is 4.90 Å². The third-order valence-corrected chi connectivity index (χ3v) is 4.27. The van der Waals surface area contributed by atoms with E-state index >= 15 is 0 Å². The van der Waals surface area contributed by atoms with Crippen molar-refractivity contribution in [2.24, 2.45) is 5.92 Å². The summed E-state index contributed by atoms with van der Waals surface area (Å²) in [5, 5.41) is 0. The molecule has 0 unspecified atom stereocenters. The number of fused-ring (bicyclic) bond motifs is 1. The van der Waals surface area contributed by atoms with E-state index in [1.54, 1.807) is 0 Å². The Balaban J connectivity index is 2.22. The zero-order valence-corrected chi connectivity index (χ0v) is 13.5. The quantitative estimate of drug-likeness (QED) is 0.765. The topological polar surface area (TPSA) is 20.3 Å². The van der Waals surface area contributed by atoms with Gasteiger partial charge in [-0.15, -0.1) is 0 Å². The fraction of sp³-hybridized carbons (Fsp3) is 0.611. The lowest BCUT2D eigenvalue weighted by Gasteiger charge is -2.34. The predicted octanol–water partition coefficient (Wildman–Crippen LogP) is 3.72. The number of ketones is 1. The van der Waals surface area contributed by atoms with Crippen LogP contribution in [0.25, 0.3) is 0 Å². The van der Waals surface area contributed by atoms with Crippen molar-refractivity contribution in [1.29, 1.82) is 0 Å². The zero-order chi connectivity index (χ0) is 14.9. The molecule has 0 spiro atoms. The first-order valence-corrected chi connectivity index (χ1v) is 7.70. The Morgan fingerprint density at radius 1 is 1.10 bits per heavy atom. The van der Waals surface area contributed by atoms with Crippen LogP contribution in [0.1, 0.15) is 56.1 Å². The second-order valence-electron chi connectivity index (χ2n) is 7.16. The van der Waals surface area contributed by atoms with Crippen molar-refractivity contribution in [2.45, 2.75) is 53.0 Å². The summed E-state index contributed by atoms with van der Waals surface area (Å²) in [7, 11) is 0. The van der Waals surface area contributed by atoms with Crippen molar-refractivity contribution in [2.75, 3.05) is 13.1 Å². The number of carbonyl (C=O) groups excluding carboxylic acids is 1. The molecule has 0 aromatic heterocycles. The molecule has 1 heterocycles. The van der Waals surface area contributed by atoms with Crippen LogP contribution in [0.5, 0.6) is 0 Å². The summed E-state index contributed by atoms with van der Waals surface area (Å²) in [4.78, 5) is 14.7. The lowest BCUT2D eigenvalue weighted by atomic mass is 9.95. The largest absolute Gasteiger partial charge is 0.298 e. The van der Waals surface area contributed by atoms with Crippen LogP contribution >= 0.6 is 0 Å². The molecular weight excluding hydrogens is 246 g/mol. The van der Waals surface area contributed by atoms with Crippen LogP contribution in [-0.4, -0.2) is 29.3 Å². The number of benzene rings is 1. The molecular formula is C18H27NO.